The molecule has 1 saturated carbocycles. The molecule has 1 aromatic carbocycles. The zero-order chi connectivity index (χ0) is 19.0. The Morgan fingerprint density at radius 2 is 2.04 bits per heavy atom. The lowest BCUT2D eigenvalue weighted by Crippen LogP contribution is -2.30. The fraction of sp³-hybridized carbons (Fsp3) is 0.381. The summed E-state index contributed by atoms with van der Waals surface area (Å²) < 4.78 is 2.04. The second-order valence-corrected chi connectivity index (χ2v) is 7.56. The van der Waals surface area contributed by atoms with Gasteiger partial charge in [-0.3, -0.25) is 14.7 Å². The molecule has 1 aliphatic carbocycles. The van der Waals surface area contributed by atoms with Crippen molar-refractivity contribution >= 4 is 23.0 Å². The lowest BCUT2D eigenvalue weighted by atomic mass is 9.92. The van der Waals surface area contributed by atoms with Gasteiger partial charge >= 0.3 is 0 Å². The molecule has 3 aromatic rings. The number of aromatic nitrogens is 3. The molecule has 1 fully saturated rings. The van der Waals surface area contributed by atoms with Crippen LogP contribution in [0.2, 0.25) is 0 Å². The fourth-order valence-corrected chi connectivity index (χ4v) is 3.57. The summed E-state index contributed by atoms with van der Waals surface area (Å²) in [6.45, 7) is 3.65. The van der Waals surface area contributed by atoms with Crippen molar-refractivity contribution in [3.05, 3.63) is 53.7 Å². The van der Waals surface area contributed by atoms with Crippen molar-refractivity contribution in [3.63, 3.8) is 0 Å². The van der Waals surface area contributed by atoms with Crippen LogP contribution in [0.25, 0.3) is 11.2 Å². The van der Waals surface area contributed by atoms with E-state index in [4.69, 9.17) is 0 Å². The molecule has 0 radical (unpaired) electrons. The van der Waals surface area contributed by atoms with E-state index in [0.717, 1.165) is 29.6 Å². The maximum atomic E-state index is 12.7. The van der Waals surface area contributed by atoms with Crippen LogP contribution in [0, 0.1) is 6.92 Å². The van der Waals surface area contributed by atoms with Crippen LogP contribution in [0.15, 0.2) is 42.6 Å². The first-order valence-electron chi connectivity index (χ1n) is 9.37. The molecule has 0 spiro atoms. The van der Waals surface area contributed by atoms with Gasteiger partial charge in [0.2, 0.25) is 11.9 Å². The van der Waals surface area contributed by atoms with Gasteiger partial charge in [-0.2, -0.15) is 0 Å². The average molecular weight is 364 g/mol. The summed E-state index contributed by atoms with van der Waals surface area (Å²) in [5, 5.41) is 13.7. The van der Waals surface area contributed by atoms with E-state index in [1.165, 1.54) is 6.42 Å². The standard InChI is InChI=1S/C21H24N4O2/c1-14-11-12-22-19-18(14)24-20(25(19)16-9-6-10-16)23-17(26)13-21(2,27)15-7-4-3-5-8-15/h3-5,7-8,11-12,16,27H,6,9-10,13H2,1-2H3,(H,23,24,26). The Morgan fingerprint density at radius 3 is 2.70 bits per heavy atom. The largest absolute Gasteiger partial charge is 0.385 e. The Balaban J connectivity index is 1.61. The van der Waals surface area contributed by atoms with Crippen LogP contribution in [0.5, 0.6) is 0 Å². The molecule has 4 rings (SSSR count). The summed E-state index contributed by atoms with van der Waals surface area (Å²) in [5.41, 5.74) is 2.13. The minimum atomic E-state index is -1.24. The number of anilines is 1. The highest BCUT2D eigenvalue weighted by molar-refractivity contribution is 5.92. The van der Waals surface area contributed by atoms with Crippen molar-refractivity contribution in [1.82, 2.24) is 14.5 Å². The summed E-state index contributed by atoms with van der Waals surface area (Å²) in [6, 6.07) is 11.5. The lowest BCUT2D eigenvalue weighted by molar-refractivity contribution is -0.120. The highest BCUT2D eigenvalue weighted by Gasteiger charge is 2.30. The van der Waals surface area contributed by atoms with Gasteiger partial charge in [-0.25, -0.2) is 9.97 Å². The summed E-state index contributed by atoms with van der Waals surface area (Å²) in [5.74, 6) is 0.253. The monoisotopic (exact) mass is 364 g/mol. The first-order valence-corrected chi connectivity index (χ1v) is 9.37. The van der Waals surface area contributed by atoms with E-state index >= 15 is 0 Å². The number of carbonyl (C=O) groups excluding carboxylic acids is 1. The molecule has 27 heavy (non-hydrogen) atoms. The van der Waals surface area contributed by atoms with Gasteiger partial charge in [-0.05, 0) is 50.3 Å². The molecule has 6 heteroatoms. The summed E-state index contributed by atoms with van der Waals surface area (Å²) >= 11 is 0. The molecule has 0 bridgehead atoms. The molecule has 1 aliphatic rings. The van der Waals surface area contributed by atoms with Crippen LogP contribution in [-0.4, -0.2) is 25.5 Å². The number of amides is 1. The van der Waals surface area contributed by atoms with E-state index in [1.807, 2.05) is 47.9 Å². The first kappa shape index (κ1) is 17.7. The van der Waals surface area contributed by atoms with E-state index in [2.05, 4.69) is 15.3 Å². The zero-order valence-corrected chi connectivity index (χ0v) is 15.6. The van der Waals surface area contributed by atoms with Crippen LogP contribution in [0.4, 0.5) is 5.95 Å². The van der Waals surface area contributed by atoms with Crippen molar-refractivity contribution in [2.45, 2.75) is 51.2 Å². The minimum absolute atomic E-state index is 0.0443. The molecule has 2 N–H and O–H groups in total. The number of aliphatic hydroxyl groups is 1. The van der Waals surface area contributed by atoms with Crippen LogP contribution in [-0.2, 0) is 10.4 Å². The smallest absolute Gasteiger partial charge is 0.229 e. The third-order valence-corrected chi connectivity index (χ3v) is 5.37. The molecule has 0 aliphatic heterocycles. The number of hydrogen-bond acceptors (Lipinski definition) is 4. The molecule has 0 saturated heterocycles. The van der Waals surface area contributed by atoms with Crippen LogP contribution >= 0.6 is 0 Å². The van der Waals surface area contributed by atoms with Gasteiger partial charge in [0.05, 0.1) is 12.0 Å². The summed E-state index contributed by atoms with van der Waals surface area (Å²) in [6.07, 6.45) is 5.03. The predicted octanol–water partition coefficient (Wildman–Crippen LogP) is 3.70. The number of nitrogens with zero attached hydrogens (tertiary/aromatic N) is 3. The molecule has 2 aromatic heterocycles. The molecular weight excluding hydrogens is 340 g/mol. The third kappa shape index (κ3) is 3.32. The quantitative estimate of drug-likeness (QED) is 0.723. The molecule has 1 unspecified atom stereocenters. The summed E-state index contributed by atoms with van der Waals surface area (Å²) in [4.78, 5) is 21.8. The van der Waals surface area contributed by atoms with Gasteiger partial charge in [-0.1, -0.05) is 30.3 Å². The van der Waals surface area contributed by atoms with Crippen molar-refractivity contribution in [3.8, 4) is 0 Å². The maximum Gasteiger partial charge on any atom is 0.229 e. The second-order valence-electron chi connectivity index (χ2n) is 7.56. The Hall–Kier alpha value is -2.73. The SMILES string of the molecule is Cc1ccnc2c1nc(NC(=O)CC(C)(O)c1ccccc1)n2C1CCC1. The molecule has 2 heterocycles. The van der Waals surface area contributed by atoms with Crippen molar-refractivity contribution in [1.29, 1.82) is 0 Å². The number of nitrogens with one attached hydrogen (secondary N) is 1. The predicted molar refractivity (Wildman–Crippen MR) is 104 cm³/mol. The zero-order valence-electron chi connectivity index (χ0n) is 15.6. The van der Waals surface area contributed by atoms with Crippen molar-refractivity contribution in [2.24, 2.45) is 0 Å². The number of fused-ring (bicyclic) bond motifs is 1. The van der Waals surface area contributed by atoms with E-state index in [0.29, 0.717) is 17.6 Å². The third-order valence-electron chi connectivity index (χ3n) is 5.37. The topological polar surface area (TPSA) is 80.0 Å². The average Bonchev–Trinajstić information content (AvgIpc) is 2.93. The number of carbonyl (C=O) groups is 1. The Kier molecular flexibility index (Phi) is 4.44. The number of aryl methyl sites for hydroxylation is 1. The highest BCUT2D eigenvalue weighted by atomic mass is 16.3. The van der Waals surface area contributed by atoms with E-state index < -0.39 is 5.60 Å². The van der Waals surface area contributed by atoms with Gasteiger partial charge in [-0.15, -0.1) is 0 Å². The molecular formula is C21H24N4O2. The van der Waals surface area contributed by atoms with Gasteiger partial charge < -0.3 is 5.11 Å². The highest BCUT2D eigenvalue weighted by Crippen LogP contribution is 2.37. The number of imidazole rings is 1. The number of pyridine rings is 1. The van der Waals surface area contributed by atoms with Crippen LogP contribution in [0.1, 0.15) is 49.8 Å². The van der Waals surface area contributed by atoms with Crippen molar-refractivity contribution < 1.29 is 9.90 Å². The van der Waals surface area contributed by atoms with E-state index in [9.17, 15) is 9.90 Å². The minimum Gasteiger partial charge on any atom is -0.385 e. The van der Waals surface area contributed by atoms with E-state index in [1.54, 1.807) is 13.1 Å². The van der Waals surface area contributed by atoms with Crippen LogP contribution < -0.4 is 5.32 Å². The Bertz CT molecular complexity index is 975. The van der Waals surface area contributed by atoms with E-state index in [-0.39, 0.29) is 12.3 Å². The van der Waals surface area contributed by atoms with Crippen molar-refractivity contribution in [2.75, 3.05) is 5.32 Å². The second kappa shape index (κ2) is 6.78. The number of rotatable bonds is 5. The molecule has 6 nitrogen and oxygen atoms in total. The number of benzene rings is 1. The Morgan fingerprint density at radius 1 is 1.30 bits per heavy atom. The molecule has 1 amide bonds. The Labute approximate surface area is 158 Å². The fourth-order valence-electron chi connectivity index (χ4n) is 3.57. The van der Waals surface area contributed by atoms with Crippen LogP contribution in [0.3, 0.4) is 0 Å². The van der Waals surface area contributed by atoms with Gasteiger partial charge in [0.1, 0.15) is 5.52 Å². The van der Waals surface area contributed by atoms with Gasteiger partial charge in [0.25, 0.3) is 0 Å². The normalized spacial score (nSPS) is 16.7. The van der Waals surface area contributed by atoms with Gasteiger partial charge in [0, 0.05) is 12.2 Å². The molecule has 1 atom stereocenters. The number of hydrogen-bond donors (Lipinski definition) is 2. The molecule has 140 valence electrons. The summed E-state index contributed by atoms with van der Waals surface area (Å²) in [7, 11) is 0. The lowest BCUT2D eigenvalue weighted by Gasteiger charge is -2.29. The maximum absolute atomic E-state index is 12.7. The van der Waals surface area contributed by atoms with Gasteiger partial charge in [0.15, 0.2) is 5.65 Å². The first-order chi connectivity index (χ1) is 13.0.